The number of anilines is 1. The van der Waals surface area contributed by atoms with Crippen molar-refractivity contribution in [3.8, 4) is 0 Å². The van der Waals surface area contributed by atoms with Crippen molar-refractivity contribution in [3.63, 3.8) is 0 Å². The number of carbonyl (C=O) groups excluding carboxylic acids is 1. The van der Waals surface area contributed by atoms with Crippen LogP contribution in [0.2, 0.25) is 0 Å². The number of aromatic nitrogens is 1. The molecule has 6 nitrogen and oxygen atoms in total. The smallest absolute Gasteiger partial charge is 0.243 e. The van der Waals surface area contributed by atoms with E-state index in [0.29, 0.717) is 30.8 Å². The van der Waals surface area contributed by atoms with E-state index < -0.39 is 10.0 Å². The Morgan fingerprint density at radius 1 is 1.11 bits per heavy atom. The normalized spacial score (nSPS) is 16.4. The Balaban J connectivity index is 1.39. The Morgan fingerprint density at radius 2 is 1.85 bits per heavy atom. The molecule has 27 heavy (non-hydrogen) atoms. The number of amides is 1. The number of hydrogen-bond donors (Lipinski definition) is 1. The van der Waals surface area contributed by atoms with Crippen molar-refractivity contribution in [2.45, 2.75) is 17.7 Å². The minimum atomic E-state index is -3.49. The number of nitrogens with zero attached hydrogens (tertiary/aromatic N) is 2. The fraction of sp³-hybridized carbons (Fsp3) is 0.263. The van der Waals surface area contributed by atoms with E-state index >= 15 is 0 Å². The van der Waals surface area contributed by atoms with Gasteiger partial charge in [-0.1, -0.05) is 18.2 Å². The van der Waals surface area contributed by atoms with Gasteiger partial charge in [-0.3, -0.25) is 4.79 Å². The summed E-state index contributed by atoms with van der Waals surface area (Å²) in [5.74, 6) is -0.252. The molecule has 0 atom stereocenters. The van der Waals surface area contributed by atoms with Crippen LogP contribution < -0.4 is 5.32 Å². The Kier molecular flexibility index (Phi) is 4.94. The lowest BCUT2D eigenvalue weighted by Gasteiger charge is -2.30. The lowest BCUT2D eigenvalue weighted by molar-refractivity contribution is -0.120. The average molecular weight is 402 g/mol. The molecule has 0 radical (unpaired) electrons. The van der Waals surface area contributed by atoms with E-state index in [0.717, 1.165) is 15.8 Å². The molecule has 1 amide bonds. The number of fused-ring (bicyclic) bond motifs is 1. The minimum absolute atomic E-state index is 0.0608. The summed E-state index contributed by atoms with van der Waals surface area (Å²) < 4.78 is 32.0. The monoisotopic (exact) mass is 401 g/mol. The first-order valence-electron chi connectivity index (χ1n) is 8.74. The van der Waals surface area contributed by atoms with Gasteiger partial charge in [0.05, 0.1) is 9.60 Å². The van der Waals surface area contributed by atoms with Crippen molar-refractivity contribution >= 4 is 43.2 Å². The van der Waals surface area contributed by atoms with Crippen LogP contribution in [0.15, 0.2) is 59.6 Å². The molecule has 1 N–H and O–H groups in total. The van der Waals surface area contributed by atoms with Gasteiger partial charge in [-0.2, -0.15) is 8.68 Å². The standard InChI is InChI=1S/C19H19N3O3S2/c23-19(21-16-6-7-18-15(12-16)13-20-26-18)14-8-10-22(11-9-14)27(24,25)17-4-2-1-3-5-17/h1-7,12-14H,8-11H2,(H,21,23). The maximum atomic E-state index is 12.7. The lowest BCUT2D eigenvalue weighted by Crippen LogP contribution is -2.41. The number of sulfonamides is 1. The fourth-order valence-corrected chi connectivity index (χ4v) is 5.41. The summed E-state index contributed by atoms with van der Waals surface area (Å²) in [7, 11) is -3.49. The van der Waals surface area contributed by atoms with E-state index in [9.17, 15) is 13.2 Å². The van der Waals surface area contributed by atoms with E-state index in [1.54, 1.807) is 36.5 Å². The van der Waals surface area contributed by atoms with Crippen molar-refractivity contribution in [1.82, 2.24) is 8.68 Å². The molecule has 0 aliphatic carbocycles. The topological polar surface area (TPSA) is 79.4 Å². The number of hydrogen-bond acceptors (Lipinski definition) is 5. The molecule has 1 saturated heterocycles. The second-order valence-corrected chi connectivity index (χ2v) is 9.33. The molecule has 0 saturated carbocycles. The molecular weight excluding hydrogens is 382 g/mol. The first-order valence-corrected chi connectivity index (χ1v) is 11.0. The summed E-state index contributed by atoms with van der Waals surface area (Å²) in [6.07, 6.45) is 2.81. The molecule has 1 aliphatic rings. The highest BCUT2D eigenvalue weighted by atomic mass is 32.2. The van der Waals surface area contributed by atoms with Crippen molar-refractivity contribution in [2.24, 2.45) is 5.92 Å². The third-order valence-electron chi connectivity index (χ3n) is 4.83. The van der Waals surface area contributed by atoms with Crippen LogP contribution in [0.5, 0.6) is 0 Å². The van der Waals surface area contributed by atoms with Gasteiger partial charge in [-0.25, -0.2) is 8.42 Å². The number of carbonyl (C=O) groups is 1. The molecule has 140 valence electrons. The van der Waals surface area contributed by atoms with Crippen molar-refractivity contribution < 1.29 is 13.2 Å². The van der Waals surface area contributed by atoms with E-state index in [2.05, 4.69) is 9.69 Å². The van der Waals surface area contributed by atoms with Crippen LogP contribution in [0.4, 0.5) is 5.69 Å². The Bertz CT molecular complexity index is 1060. The van der Waals surface area contributed by atoms with Crippen molar-refractivity contribution in [3.05, 3.63) is 54.7 Å². The van der Waals surface area contributed by atoms with Crippen LogP contribution in [0.3, 0.4) is 0 Å². The Morgan fingerprint density at radius 3 is 2.59 bits per heavy atom. The van der Waals surface area contributed by atoms with Gasteiger partial charge >= 0.3 is 0 Å². The van der Waals surface area contributed by atoms with Crippen LogP contribution in [0.1, 0.15) is 12.8 Å². The maximum absolute atomic E-state index is 12.7. The molecular formula is C19H19N3O3S2. The summed E-state index contributed by atoms with van der Waals surface area (Å²) >= 11 is 1.42. The molecule has 1 aliphatic heterocycles. The van der Waals surface area contributed by atoms with Gasteiger partial charge < -0.3 is 5.32 Å². The zero-order valence-electron chi connectivity index (χ0n) is 14.5. The van der Waals surface area contributed by atoms with Crippen LogP contribution in [0.25, 0.3) is 10.1 Å². The molecule has 0 spiro atoms. The summed E-state index contributed by atoms with van der Waals surface area (Å²) in [6, 6.07) is 14.1. The van der Waals surface area contributed by atoms with E-state index in [1.807, 2.05) is 18.2 Å². The zero-order chi connectivity index (χ0) is 18.9. The van der Waals surface area contributed by atoms with E-state index in [-0.39, 0.29) is 11.8 Å². The first kappa shape index (κ1) is 18.1. The minimum Gasteiger partial charge on any atom is -0.326 e. The quantitative estimate of drug-likeness (QED) is 0.727. The highest BCUT2D eigenvalue weighted by molar-refractivity contribution is 7.89. The molecule has 8 heteroatoms. The van der Waals surface area contributed by atoms with Gasteiger partial charge in [0.25, 0.3) is 0 Å². The van der Waals surface area contributed by atoms with Gasteiger partial charge in [0.2, 0.25) is 15.9 Å². The van der Waals surface area contributed by atoms with Gasteiger partial charge in [-0.05, 0) is 54.7 Å². The van der Waals surface area contributed by atoms with Gasteiger partial charge in [-0.15, -0.1) is 0 Å². The second kappa shape index (κ2) is 7.38. The third kappa shape index (κ3) is 3.73. The number of rotatable bonds is 4. The molecule has 1 aromatic heterocycles. The summed E-state index contributed by atoms with van der Waals surface area (Å²) in [5, 5.41) is 3.95. The van der Waals surface area contributed by atoms with Gasteiger partial charge in [0, 0.05) is 36.3 Å². The largest absolute Gasteiger partial charge is 0.326 e. The summed E-state index contributed by atoms with van der Waals surface area (Å²) in [4.78, 5) is 12.9. The molecule has 4 rings (SSSR count). The predicted molar refractivity (Wildman–Crippen MR) is 106 cm³/mol. The Hall–Kier alpha value is -2.29. The summed E-state index contributed by atoms with van der Waals surface area (Å²) in [6.45, 7) is 0.700. The molecule has 0 unspecified atom stereocenters. The van der Waals surface area contributed by atoms with Gasteiger partial charge in [0.15, 0.2) is 0 Å². The molecule has 2 heterocycles. The zero-order valence-corrected chi connectivity index (χ0v) is 16.2. The highest BCUT2D eigenvalue weighted by Crippen LogP contribution is 2.26. The predicted octanol–water partition coefficient (Wildman–Crippen LogP) is 3.34. The first-order chi connectivity index (χ1) is 13.0. The summed E-state index contributed by atoms with van der Waals surface area (Å²) in [5.41, 5.74) is 0.743. The highest BCUT2D eigenvalue weighted by Gasteiger charge is 2.32. The SMILES string of the molecule is O=C(Nc1ccc2sncc2c1)C1CCN(S(=O)(=O)c2ccccc2)CC1. The number of nitrogens with one attached hydrogen (secondary N) is 1. The van der Waals surface area contributed by atoms with Crippen LogP contribution >= 0.6 is 11.5 Å². The fourth-order valence-electron chi connectivity index (χ4n) is 3.29. The molecule has 2 aromatic carbocycles. The third-order valence-corrected chi connectivity index (χ3v) is 7.52. The molecule has 3 aromatic rings. The van der Waals surface area contributed by atoms with E-state index in [1.165, 1.54) is 15.8 Å². The van der Waals surface area contributed by atoms with Crippen molar-refractivity contribution in [1.29, 1.82) is 0 Å². The molecule has 1 fully saturated rings. The average Bonchev–Trinajstić information content (AvgIpc) is 3.16. The maximum Gasteiger partial charge on any atom is 0.243 e. The second-order valence-electron chi connectivity index (χ2n) is 6.56. The number of benzene rings is 2. The number of piperidine rings is 1. The van der Waals surface area contributed by atoms with Crippen molar-refractivity contribution in [2.75, 3.05) is 18.4 Å². The van der Waals surface area contributed by atoms with Crippen LogP contribution in [-0.4, -0.2) is 36.1 Å². The molecule has 0 bridgehead atoms. The Labute approximate surface area is 162 Å². The van der Waals surface area contributed by atoms with E-state index in [4.69, 9.17) is 0 Å². The van der Waals surface area contributed by atoms with Gasteiger partial charge in [0.1, 0.15) is 0 Å². The van der Waals surface area contributed by atoms with Crippen LogP contribution in [-0.2, 0) is 14.8 Å². The van der Waals surface area contributed by atoms with Crippen LogP contribution in [0, 0.1) is 5.92 Å². The lowest BCUT2D eigenvalue weighted by atomic mass is 9.97.